The predicted molar refractivity (Wildman–Crippen MR) is 126 cm³/mol. The Bertz CT molecular complexity index is 1440. The van der Waals surface area contributed by atoms with E-state index in [4.69, 9.17) is 17.3 Å². The Morgan fingerprint density at radius 2 is 1.77 bits per heavy atom. The minimum absolute atomic E-state index is 0.368. The zero-order valence-electron chi connectivity index (χ0n) is 17.4. The Morgan fingerprint density at radius 1 is 1.03 bits per heavy atom. The number of piperazine rings is 1. The smallest absolute Gasteiger partial charge is 0.243 e. The molecule has 2 aromatic carbocycles. The molecule has 3 heterocycles. The van der Waals surface area contributed by atoms with E-state index in [0.717, 1.165) is 26.3 Å². The van der Waals surface area contributed by atoms with Crippen LogP contribution < -0.4 is 0 Å². The molecule has 0 unspecified atom stereocenters. The highest BCUT2D eigenvalue weighted by Crippen LogP contribution is 2.26. The number of aromatic nitrogens is 3. The number of hydrogen-bond donors (Lipinski definition) is 0. The second-order valence-electron chi connectivity index (χ2n) is 7.88. The highest BCUT2D eigenvalue weighted by Gasteiger charge is 2.29. The maximum Gasteiger partial charge on any atom is 0.243 e. The number of nitrogens with zero attached hydrogens (tertiary/aromatic N) is 5. The molecule has 4 aromatic rings. The number of hydrogen-bond acceptors (Lipinski definition) is 6. The summed E-state index contributed by atoms with van der Waals surface area (Å²) >= 11 is 7.30. The molecule has 2 aromatic heterocycles. The van der Waals surface area contributed by atoms with E-state index in [2.05, 4.69) is 17.0 Å². The standard InChI is InChI=1S/C21H23N5O2S3/c1-15-7-8-17(13-16(15)2)31(27,28)24-11-9-23(10-12-24)14-25-21(29)26-18-5-3-4-6-19(18)30-20(26)22-25/h3-8,13H,9-12,14H2,1-2H3. The number of aryl methyl sites for hydroxylation is 2. The Morgan fingerprint density at radius 3 is 2.52 bits per heavy atom. The zero-order valence-corrected chi connectivity index (χ0v) is 19.8. The van der Waals surface area contributed by atoms with E-state index in [1.54, 1.807) is 27.8 Å². The Kier molecular flexibility index (Phi) is 5.22. The number of rotatable bonds is 4. The van der Waals surface area contributed by atoms with Crippen LogP contribution in [-0.2, 0) is 16.7 Å². The lowest BCUT2D eigenvalue weighted by Crippen LogP contribution is -2.48. The van der Waals surface area contributed by atoms with Crippen molar-refractivity contribution in [1.29, 1.82) is 0 Å². The minimum atomic E-state index is -3.48. The zero-order chi connectivity index (χ0) is 21.8. The van der Waals surface area contributed by atoms with Crippen LogP contribution >= 0.6 is 23.6 Å². The lowest BCUT2D eigenvalue weighted by molar-refractivity contribution is 0.145. The van der Waals surface area contributed by atoms with Crippen LogP contribution in [0.2, 0.25) is 0 Å². The quantitative estimate of drug-likeness (QED) is 0.423. The normalized spacial score (nSPS) is 16.5. The summed E-state index contributed by atoms with van der Waals surface area (Å²) in [6.07, 6.45) is 0. The summed E-state index contributed by atoms with van der Waals surface area (Å²) in [6, 6.07) is 13.5. The molecule has 7 nitrogen and oxygen atoms in total. The number of benzene rings is 2. The van der Waals surface area contributed by atoms with E-state index in [1.165, 1.54) is 0 Å². The first-order valence-electron chi connectivity index (χ1n) is 10.1. The molecule has 10 heteroatoms. The molecule has 1 aliphatic heterocycles. The van der Waals surface area contributed by atoms with Crippen molar-refractivity contribution in [3.8, 4) is 0 Å². The molecule has 0 atom stereocenters. The average Bonchev–Trinajstić information content (AvgIpc) is 3.26. The summed E-state index contributed by atoms with van der Waals surface area (Å²) in [7, 11) is -3.48. The highest BCUT2D eigenvalue weighted by atomic mass is 32.2. The number of thiazole rings is 1. The first kappa shape index (κ1) is 20.8. The third-order valence-corrected chi connectivity index (χ3v) is 9.20. The van der Waals surface area contributed by atoms with Crippen molar-refractivity contribution in [1.82, 2.24) is 23.4 Å². The summed E-state index contributed by atoms with van der Waals surface area (Å²) in [5, 5.41) is 4.70. The lowest BCUT2D eigenvalue weighted by Gasteiger charge is -2.33. The van der Waals surface area contributed by atoms with Gasteiger partial charge >= 0.3 is 0 Å². The van der Waals surface area contributed by atoms with Gasteiger partial charge in [0.2, 0.25) is 19.8 Å². The summed E-state index contributed by atoms with van der Waals surface area (Å²) in [5.74, 6) is 0. The van der Waals surface area contributed by atoms with Crippen LogP contribution in [-0.4, -0.2) is 58.0 Å². The van der Waals surface area contributed by atoms with Gasteiger partial charge in [0.25, 0.3) is 0 Å². The summed E-state index contributed by atoms with van der Waals surface area (Å²) < 4.78 is 33.3. The van der Waals surface area contributed by atoms with Crippen LogP contribution in [0.5, 0.6) is 0 Å². The molecule has 31 heavy (non-hydrogen) atoms. The largest absolute Gasteiger partial charge is 0.282 e. The van der Waals surface area contributed by atoms with Gasteiger partial charge in [0, 0.05) is 26.2 Å². The van der Waals surface area contributed by atoms with Gasteiger partial charge in [0.05, 0.1) is 21.8 Å². The topological polar surface area (TPSA) is 62.9 Å². The van der Waals surface area contributed by atoms with E-state index in [0.29, 0.717) is 42.5 Å². The van der Waals surface area contributed by atoms with Crippen LogP contribution in [0.25, 0.3) is 15.2 Å². The Balaban J connectivity index is 1.31. The molecule has 0 N–H and O–H groups in total. The van der Waals surface area contributed by atoms with Crippen molar-refractivity contribution in [3.05, 3.63) is 58.4 Å². The van der Waals surface area contributed by atoms with Crippen molar-refractivity contribution in [2.75, 3.05) is 26.2 Å². The molecule has 0 aliphatic carbocycles. The fourth-order valence-corrected chi connectivity index (χ4v) is 6.77. The molecule has 1 fully saturated rings. The second kappa shape index (κ2) is 7.79. The summed E-state index contributed by atoms with van der Waals surface area (Å²) in [6.45, 7) is 6.66. The maximum absolute atomic E-state index is 13.0. The highest BCUT2D eigenvalue weighted by molar-refractivity contribution is 7.89. The SMILES string of the molecule is Cc1ccc(S(=O)(=O)N2CCN(Cn3nc4sc5ccccc5n4c3=S)CC2)cc1C. The fraction of sp³-hybridized carbons (Fsp3) is 0.333. The molecule has 0 radical (unpaired) electrons. The molecule has 0 bridgehead atoms. The predicted octanol–water partition coefficient (Wildman–Crippen LogP) is 3.66. The maximum atomic E-state index is 13.0. The second-order valence-corrected chi connectivity index (χ2v) is 11.2. The molecular formula is C21H23N5O2S3. The van der Waals surface area contributed by atoms with Crippen LogP contribution in [0.3, 0.4) is 0 Å². The first-order valence-corrected chi connectivity index (χ1v) is 12.8. The molecule has 162 valence electrons. The molecule has 5 rings (SSSR count). The van der Waals surface area contributed by atoms with Crippen molar-refractivity contribution < 1.29 is 8.42 Å². The van der Waals surface area contributed by atoms with E-state index >= 15 is 0 Å². The van der Waals surface area contributed by atoms with Gasteiger partial charge < -0.3 is 0 Å². The molecule has 0 spiro atoms. The fourth-order valence-electron chi connectivity index (χ4n) is 3.90. The van der Waals surface area contributed by atoms with Gasteiger partial charge in [-0.15, -0.1) is 5.10 Å². The van der Waals surface area contributed by atoms with Crippen molar-refractivity contribution in [2.45, 2.75) is 25.4 Å². The van der Waals surface area contributed by atoms with Crippen molar-refractivity contribution >= 4 is 48.8 Å². The molecular weight excluding hydrogens is 450 g/mol. The molecule has 0 saturated carbocycles. The van der Waals surface area contributed by atoms with Crippen molar-refractivity contribution in [2.24, 2.45) is 0 Å². The monoisotopic (exact) mass is 473 g/mol. The Hall–Kier alpha value is -2.11. The van der Waals surface area contributed by atoms with Crippen LogP contribution in [0, 0.1) is 18.6 Å². The van der Waals surface area contributed by atoms with Crippen LogP contribution in [0.15, 0.2) is 47.4 Å². The van der Waals surface area contributed by atoms with E-state index < -0.39 is 10.0 Å². The number of sulfonamides is 1. The minimum Gasteiger partial charge on any atom is -0.282 e. The molecule has 0 amide bonds. The third kappa shape index (κ3) is 3.62. The summed E-state index contributed by atoms with van der Waals surface area (Å²) in [4.78, 5) is 3.44. The Labute approximate surface area is 190 Å². The van der Waals surface area contributed by atoms with Gasteiger partial charge in [-0.1, -0.05) is 29.5 Å². The van der Waals surface area contributed by atoms with E-state index in [-0.39, 0.29) is 0 Å². The van der Waals surface area contributed by atoms with E-state index in [1.807, 2.05) is 41.1 Å². The van der Waals surface area contributed by atoms with Gasteiger partial charge in [0.1, 0.15) is 0 Å². The average molecular weight is 474 g/mol. The van der Waals surface area contributed by atoms with Crippen molar-refractivity contribution in [3.63, 3.8) is 0 Å². The van der Waals surface area contributed by atoms with Crippen LogP contribution in [0.1, 0.15) is 11.1 Å². The summed E-state index contributed by atoms with van der Waals surface area (Å²) in [5.41, 5.74) is 3.15. The third-order valence-electron chi connectivity index (χ3n) is 5.90. The molecule has 1 saturated heterocycles. The van der Waals surface area contributed by atoms with Gasteiger partial charge in [0.15, 0.2) is 0 Å². The van der Waals surface area contributed by atoms with Gasteiger partial charge in [-0.3, -0.25) is 9.30 Å². The van der Waals surface area contributed by atoms with Gasteiger partial charge in [-0.2, -0.15) is 4.31 Å². The van der Waals surface area contributed by atoms with E-state index in [9.17, 15) is 8.42 Å². The van der Waals surface area contributed by atoms with Gasteiger partial charge in [-0.25, -0.2) is 13.1 Å². The lowest BCUT2D eigenvalue weighted by atomic mass is 10.1. The molecule has 1 aliphatic rings. The van der Waals surface area contributed by atoms with Gasteiger partial charge in [-0.05, 0) is 61.5 Å². The first-order chi connectivity index (χ1) is 14.8. The number of fused-ring (bicyclic) bond motifs is 3. The number of para-hydroxylation sites is 1. The van der Waals surface area contributed by atoms with Crippen LogP contribution in [0.4, 0.5) is 0 Å².